The van der Waals surface area contributed by atoms with Crippen LogP contribution < -0.4 is 5.32 Å². The molecular formula is C19H25N3O3. The fraction of sp³-hybridized carbons (Fsp3) is 0.421. The zero-order chi connectivity index (χ0) is 18.8. The van der Waals surface area contributed by atoms with Gasteiger partial charge in [-0.3, -0.25) is 9.59 Å². The molecule has 0 aliphatic carbocycles. The zero-order valence-corrected chi connectivity index (χ0v) is 15.4. The number of aryl methyl sites for hydroxylation is 1. The molecule has 1 amide bonds. The van der Waals surface area contributed by atoms with Crippen molar-refractivity contribution in [2.45, 2.75) is 53.0 Å². The molecule has 2 aromatic rings. The van der Waals surface area contributed by atoms with E-state index in [1.54, 1.807) is 16.8 Å². The third kappa shape index (κ3) is 4.68. The first-order valence-corrected chi connectivity index (χ1v) is 8.28. The van der Waals surface area contributed by atoms with Gasteiger partial charge < -0.3 is 10.4 Å². The number of hydrogen-bond acceptors (Lipinski definition) is 3. The Morgan fingerprint density at radius 1 is 1.16 bits per heavy atom. The van der Waals surface area contributed by atoms with Crippen LogP contribution in [0.3, 0.4) is 0 Å². The second-order valence-corrected chi connectivity index (χ2v) is 7.21. The summed E-state index contributed by atoms with van der Waals surface area (Å²) in [5.41, 5.74) is 3.85. The van der Waals surface area contributed by atoms with Crippen molar-refractivity contribution in [2.24, 2.45) is 0 Å². The number of amides is 1. The summed E-state index contributed by atoms with van der Waals surface area (Å²) < 4.78 is 1.79. The molecule has 0 atom stereocenters. The molecule has 0 spiro atoms. The Morgan fingerprint density at radius 2 is 1.76 bits per heavy atom. The first kappa shape index (κ1) is 18.7. The van der Waals surface area contributed by atoms with E-state index in [0.29, 0.717) is 12.0 Å². The summed E-state index contributed by atoms with van der Waals surface area (Å²) in [5.74, 6) is -0.935. The summed E-state index contributed by atoms with van der Waals surface area (Å²) in [6.07, 6.45) is 0.540. The molecule has 2 N–H and O–H groups in total. The molecule has 1 aromatic heterocycles. The van der Waals surface area contributed by atoms with Gasteiger partial charge >= 0.3 is 5.97 Å². The average Bonchev–Trinajstić information content (AvgIpc) is 2.78. The maximum Gasteiger partial charge on any atom is 0.303 e. The van der Waals surface area contributed by atoms with Crippen LogP contribution in [0.25, 0.3) is 5.69 Å². The van der Waals surface area contributed by atoms with Gasteiger partial charge in [-0.05, 0) is 70.9 Å². The molecule has 25 heavy (non-hydrogen) atoms. The summed E-state index contributed by atoms with van der Waals surface area (Å²) in [7, 11) is 0. The number of carbonyl (C=O) groups excluding carboxylic acids is 1. The quantitative estimate of drug-likeness (QED) is 0.874. The Hall–Kier alpha value is -2.63. The van der Waals surface area contributed by atoms with Crippen molar-refractivity contribution >= 4 is 11.9 Å². The number of carbonyl (C=O) groups is 2. The molecule has 6 nitrogen and oxygen atoms in total. The maximum atomic E-state index is 12.2. The van der Waals surface area contributed by atoms with E-state index in [1.807, 2.05) is 46.8 Å². The van der Waals surface area contributed by atoms with Crippen LogP contribution in [0, 0.1) is 13.8 Å². The Bertz CT molecular complexity index is 783. The van der Waals surface area contributed by atoms with Crippen molar-refractivity contribution in [3.05, 3.63) is 46.8 Å². The van der Waals surface area contributed by atoms with Crippen LogP contribution in [0.1, 0.15) is 54.5 Å². The van der Waals surface area contributed by atoms with Gasteiger partial charge in [-0.1, -0.05) is 0 Å². The first-order chi connectivity index (χ1) is 11.6. The Morgan fingerprint density at radius 3 is 2.28 bits per heavy atom. The molecule has 0 aliphatic heterocycles. The number of rotatable bonds is 5. The van der Waals surface area contributed by atoms with Gasteiger partial charge in [-0.15, -0.1) is 0 Å². The minimum Gasteiger partial charge on any atom is -0.481 e. The van der Waals surface area contributed by atoms with Crippen LogP contribution in [-0.4, -0.2) is 32.3 Å². The van der Waals surface area contributed by atoms with Crippen molar-refractivity contribution in [3.63, 3.8) is 0 Å². The number of carboxylic acid groups (broad SMARTS) is 1. The second kappa shape index (κ2) is 7.09. The number of nitrogens with zero attached hydrogens (tertiary/aromatic N) is 2. The number of benzene rings is 1. The number of aromatic nitrogens is 2. The third-order valence-electron chi connectivity index (χ3n) is 3.89. The highest BCUT2D eigenvalue weighted by atomic mass is 16.4. The minimum atomic E-state index is -0.819. The van der Waals surface area contributed by atoms with E-state index in [-0.39, 0.29) is 17.9 Å². The van der Waals surface area contributed by atoms with Crippen molar-refractivity contribution < 1.29 is 14.7 Å². The second-order valence-electron chi connectivity index (χ2n) is 7.21. The normalized spacial score (nSPS) is 11.4. The van der Waals surface area contributed by atoms with Gasteiger partial charge in [0.15, 0.2) is 0 Å². The van der Waals surface area contributed by atoms with Crippen LogP contribution in [-0.2, 0) is 11.2 Å². The molecule has 134 valence electrons. The summed E-state index contributed by atoms with van der Waals surface area (Å²) in [6.45, 7) is 9.62. The molecule has 0 aliphatic rings. The van der Waals surface area contributed by atoms with Crippen molar-refractivity contribution in [3.8, 4) is 5.69 Å². The number of hydrogen-bond donors (Lipinski definition) is 2. The lowest BCUT2D eigenvalue weighted by Crippen LogP contribution is -2.40. The molecule has 0 radical (unpaired) electrons. The fourth-order valence-electron chi connectivity index (χ4n) is 2.69. The predicted molar refractivity (Wildman–Crippen MR) is 96.2 cm³/mol. The van der Waals surface area contributed by atoms with Crippen LogP contribution in [0.4, 0.5) is 0 Å². The van der Waals surface area contributed by atoms with E-state index < -0.39 is 5.97 Å². The molecule has 1 aromatic carbocycles. The topological polar surface area (TPSA) is 84.2 Å². The standard InChI is InChI=1S/C19H25N3O3/c1-12-16(10-11-17(23)24)13(2)22(21-12)15-8-6-14(7-9-15)18(25)20-19(3,4)5/h6-9H,10-11H2,1-5H3,(H,20,25)(H,23,24). The molecule has 0 unspecified atom stereocenters. The van der Waals surface area contributed by atoms with Gasteiger partial charge in [0.2, 0.25) is 0 Å². The Labute approximate surface area is 147 Å². The van der Waals surface area contributed by atoms with Crippen molar-refractivity contribution in [1.82, 2.24) is 15.1 Å². The summed E-state index contributed by atoms with van der Waals surface area (Å²) in [4.78, 5) is 23.0. The van der Waals surface area contributed by atoms with E-state index in [9.17, 15) is 9.59 Å². The SMILES string of the molecule is Cc1nn(-c2ccc(C(=O)NC(C)(C)C)cc2)c(C)c1CCC(=O)O. The van der Waals surface area contributed by atoms with Gasteiger partial charge in [0.25, 0.3) is 5.91 Å². The van der Waals surface area contributed by atoms with Crippen LogP contribution in [0.5, 0.6) is 0 Å². The van der Waals surface area contributed by atoms with Crippen LogP contribution in [0.2, 0.25) is 0 Å². The van der Waals surface area contributed by atoms with Crippen LogP contribution in [0.15, 0.2) is 24.3 Å². The van der Waals surface area contributed by atoms with Gasteiger partial charge in [0.05, 0.1) is 11.4 Å². The van der Waals surface area contributed by atoms with E-state index in [1.165, 1.54) is 0 Å². The summed E-state index contributed by atoms with van der Waals surface area (Å²) >= 11 is 0. The highest BCUT2D eigenvalue weighted by molar-refractivity contribution is 5.94. The summed E-state index contributed by atoms with van der Waals surface area (Å²) in [6, 6.07) is 7.23. The fourth-order valence-corrected chi connectivity index (χ4v) is 2.69. The minimum absolute atomic E-state index is 0.0826. The van der Waals surface area contributed by atoms with E-state index in [2.05, 4.69) is 10.4 Å². The number of aliphatic carboxylic acids is 1. The lowest BCUT2D eigenvalue weighted by Gasteiger charge is -2.20. The zero-order valence-electron chi connectivity index (χ0n) is 15.4. The molecular weight excluding hydrogens is 318 g/mol. The average molecular weight is 343 g/mol. The Balaban J connectivity index is 2.24. The molecule has 0 fully saturated rings. The lowest BCUT2D eigenvalue weighted by atomic mass is 10.1. The van der Waals surface area contributed by atoms with Crippen LogP contribution >= 0.6 is 0 Å². The first-order valence-electron chi connectivity index (χ1n) is 8.28. The third-order valence-corrected chi connectivity index (χ3v) is 3.89. The number of carboxylic acids is 1. The number of nitrogens with one attached hydrogen (secondary N) is 1. The van der Waals surface area contributed by atoms with Gasteiger partial charge in [-0.2, -0.15) is 5.10 Å². The van der Waals surface area contributed by atoms with E-state index in [4.69, 9.17) is 5.11 Å². The van der Waals surface area contributed by atoms with E-state index in [0.717, 1.165) is 22.6 Å². The van der Waals surface area contributed by atoms with Gasteiger partial charge in [0, 0.05) is 23.2 Å². The van der Waals surface area contributed by atoms with Gasteiger partial charge in [-0.25, -0.2) is 4.68 Å². The largest absolute Gasteiger partial charge is 0.481 e. The summed E-state index contributed by atoms with van der Waals surface area (Å²) in [5, 5.41) is 16.3. The van der Waals surface area contributed by atoms with E-state index >= 15 is 0 Å². The molecule has 1 heterocycles. The maximum absolute atomic E-state index is 12.2. The molecule has 0 saturated heterocycles. The molecule has 0 bridgehead atoms. The van der Waals surface area contributed by atoms with Crippen molar-refractivity contribution in [2.75, 3.05) is 0 Å². The molecule has 2 rings (SSSR count). The smallest absolute Gasteiger partial charge is 0.303 e. The Kier molecular flexibility index (Phi) is 5.30. The highest BCUT2D eigenvalue weighted by Gasteiger charge is 2.17. The lowest BCUT2D eigenvalue weighted by molar-refractivity contribution is -0.136. The monoisotopic (exact) mass is 343 g/mol. The molecule has 6 heteroatoms. The highest BCUT2D eigenvalue weighted by Crippen LogP contribution is 2.20. The predicted octanol–water partition coefficient (Wildman–Crippen LogP) is 3.03. The van der Waals surface area contributed by atoms with Crippen molar-refractivity contribution in [1.29, 1.82) is 0 Å². The molecule has 0 saturated carbocycles. The van der Waals surface area contributed by atoms with Gasteiger partial charge in [0.1, 0.15) is 0 Å².